The molecule has 5 rings (SSSR count). The molecular weight excluding hydrogens is 597 g/mol. The van der Waals surface area contributed by atoms with E-state index in [1.54, 1.807) is 6.33 Å². The van der Waals surface area contributed by atoms with Crippen LogP contribution in [-0.4, -0.2) is 56.5 Å². The van der Waals surface area contributed by atoms with Gasteiger partial charge in [0.2, 0.25) is 0 Å². The first-order valence-corrected chi connectivity index (χ1v) is 16.1. The fourth-order valence-electron chi connectivity index (χ4n) is 4.54. The van der Waals surface area contributed by atoms with Crippen LogP contribution in [0.5, 0.6) is 0 Å². The summed E-state index contributed by atoms with van der Waals surface area (Å²) in [4.78, 5) is 16.2. The average molecular weight is 629 g/mol. The Hall–Kier alpha value is -2.64. The van der Waals surface area contributed by atoms with Crippen molar-refractivity contribution in [2.24, 2.45) is 0 Å². The number of halogens is 2. The van der Waals surface area contributed by atoms with Gasteiger partial charge in [0.1, 0.15) is 22.4 Å². The van der Waals surface area contributed by atoms with Crippen molar-refractivity contribution in [3.8, 4) is 0 Å². The number of anilines is 1. The van der Waals surface area contributed by atoms with E-state index in [4.69, 9.17) is 9.97 Å². The highest BCUT2D eigenvalue weighted by Crippen LogP contribution is 2.29. The number of nitrogens with zero attached hydrogens (tertiary/aromatic N) is 6. The van der Waals surface area contributed by atoms with Crippen LogP contribution in [0.25, 0.3) is 11.1 Å². The Kier molecular flexibility index (Phi) is 7.93. The maximum absolute atomic E-state index is 13.5. The molecule has 0 spiro atoms. The summed E-state index contributed by atoms with van der Waals surface area (Å²) in [7, 11) is -1.09. The van der Waals surface area contributed by atoms with Crippen molar-refractivity contribution in [1.82, 2.24) is 29.3 Å². The molecule has 3 aromatic heterocycles. The van der Waals surface area contributed by atoms with E-state index in [9.17, 15) is 8.94 Å². The van der Waals surface area contributed by atoms with Gasteiger partial charge in [0, 0.05) is 53.1 Å². The summed E-state index contributed by atoms with van der Waals surface area (Å²) < 4.78 is 32.4. The van der Waals surface area contributed by atoms with Gasteiger partial charge < -0.3 is 9.45 Å². The van der Waals surface area contributed by atoms with Crippen molar-refractivity contribution in [3.63, 3.8) is 0 Å². The zero-order valence-electron chi connectivity index (χ0n) is 22.4. The predicted molar refractivity (Wildman–Crippen MR) is 160 cm³/mol. The number of hydrogen-bond acceptors (Lipinski definition) is 7. The Labute approximate surface area is 241 Å². The van der Waals surface area contributed by atoms with Gasteiger partial charge in [-0.2, -0.15) is 5.10 Å². The largest absolute Gasteiger partial charge is 0.598 e. The lowest BCUT2D eigenvalue weighted by atomic mass is 10.1. The summed E-state index contributed by atoms with van der Waals surface area (Å²) in [5.41, 5.74) is 2.91. The predicted octanol–water partition coefficient (Wildman–Crippen LogP) is 3.43. The summed E-state index contributed by atoms with van der Waals surface area (Å²) in [5.74, 6) is 1.32. The lowest BCUT2D eigenvalue weighted by molar-refractivity contribution is 0.513. The van der Waals surface area contributed by atoms with Gasteiger partial charge in [-0.25, -0.2) is 23.9 Å². The number of rotatable bonds is 7. The molecule has 39 heavy (non-hydrogen) atoms. The monoisotopic (exact) mass is 627 g/mol. The molecule has 1 aromatic carbocycles. The van der Waals surface area contributed by atoms with Gasteiger partial charge >= 0.3 is 0 Å². The Morgan fingerprint density at radius 1 is 1.10 bits per heavy atom. The molecule has 0 fully saturated rings. The van der Waals surface area contributed by atoms with Crippen molar-refractivity contribution in [2.45, 2.75) is 44.0 Å². The average Bonchev–Trinajstić information content (AvgIpc) is 3.30. The van der Waals surface area contributed by atoms with Crippen LogP contribution >= 0.6 is 15.9 Å². The maximum Gasteiger partial charge on any atom is 0.156 e. The third-order valence-corrected chi connectivity index (χ3v) is 11.4. The van der Waals surface area contributed by atoms with Crippen molar-refractivity contribution in [3.05, 3.63) is 83.0 Å². The second-order valence-corrected chi connectivity index (χ2v) is 16.4. The van der Waals surface area contributed by atoms with E-state index in [1.165, 1.54) is 12.1 Å². The van der Waals surface area contributed by atoms with Crippen LogP contribution in [-0.2, 0) is 16.5 Å². The molecule has 204 valence electrons. The zero-order valence-corrected chi connectivity index (χ0v) is 26.2. The van der Waals surface area contributed by atoms with Gasteiger partial charge in [-0.3, -0.25) is 0 Å². The second kappa shape index (κ2) is 11.1. The van der Waals surface area contributed by atoms with Gasteiger partial charge in [-0.15, -0.1) is 4.72 Å². The van der Waals surface area contributed by atoms with E-state index in [-0.39, 0.29) is 5.82 Å². The molecule has 8 nitrogen and oxygen atoms in total. The molecule has 1 aliphatic rings. The van der Waals surface area contributed by atoms with Crippen molar-refractivity contribution in [1.29, 1.82) is 0 Å². The number of hydrogen-bond donors (Lipinski definition) is 1. The third kappa shape index (κ3) is 6.25. The third-order valence-electron chi connectivity index (χ3n) is 6.78. The molecule has 2 unspecified atom stereocenters. The van der Waals surface area contributed by atoms with Crippen molar-refractivity contribution in [2.75, 3.05) is 18.0 Å². The highest BCUT2D eigenvalue weighted by atomic mass is 79.9. The SMILES string of the molecule is CC(N[S+]([O-])C(C)(C)C)([SiH2]c1ccc(F)cc1)c1cnc(C2=CCN(c3ncnn4cc(Br)cc34)CC2)nc1. The van der Waals surface area contributed by atoms with Crippen LogP contribution in [0.4, 0.5) is 10.2 Å². The number of benzene rings is 1. The van der Waals surface area contributed by atoms with E-state index in [1.807, 2.05) is 69.0 Å². The highest BCUT2D eigenvalue weighted by molar-refractivity contribution is 9.10. The summed E-state index contributed by atoms with van der Waals surface area (Å²) in [6.45, 7) is 9.35. The minimum Gasteiger partial charge on any atom is -0.598 e. The summed E-state index contributed by atoms with van der Waals surface area (Å²) in [6.07, 6.45) is 10.1. The van der Waals surface area contributed by atoms with Crippen LogP contribution in [0.1, 0.15) is 45.5 Å². The number of fused-ring (bicyclic) bond motifs is 1. The van der Waals surface area contributed by atoms with Crippen molar-refractivity contribution < 1.29 is 8.94 Å². The summed E-state index contributed by atoms with van der Waals surface area (Å²) in [5, 5.41) is 4.76. The smallest absolute Gasteiger partial charge is 0.156 e. The fraction of sp³-hybridized carbons (Fsp3) is 0.333. The van der Waals surface area contributed by atoms with Crippen LogP contribution in [0.2, 0.25) is 0 Å². The first-order chi connectivity index (χ1) is 18.5. The summed E-state index contributed by atoms with van der Waals surface area (Å²) >= 11 is 2.21. The van der Waals surface area contributed by atoms with E-state index >= 15 is 0 Å². The van der Waals surface area contributed by atoms with Crippen LogP contribution < -0.4 is 14.8 Å². The molecule has 4 aromatic rings. The molecule has 12 heteroatoms. The topological polar surface area (TPSA) is 94.3 Å². The maximum atomic E-state index is 13.5. The second-order valence-electron chi connectivity index (χ2n) is 10.9. The minimum absolute atomic E-state index is 0.266. The lowest BCUT2D eigenvalue weighted by Gasteiger charge is -2.35. The number of aromatic nitrogens is 5. The van der Waals surface area contributed by atoms with Gasteiger partial charge in [-0.05, 0) is 73.8 Å². The fourth-order valence-corrected chi connectivity index (χ4v) is 8.14. The van der Waals surface area contributed by atoms with Crippen LogP contribution in [0.15, 0.2) is 65.8 Å². The Balaban J connectivity index is 1.37. The Morgan fingerprint density at radius 2 is 1.82 bits per heavy atom. The lowest BCUT2D eigenvalue weighted by Crippen LogP contribution is -2.55. The molecule has 4 heterocycles. The highest BCUT2D eigenvalue weighted by Gasteiger charge is 2.38. The van der Waals surface area contributed by atoms with Gasteiger partial charge in [0.25, 0.3) is 0 Å². The van der Waals surface area contributed by atoms with Crippen LogP contribution in [0, 0.1) is 5.82 Å². The van der Waals surface area contributed by atoms with Crippen LogP contribution in [0.3, 0.4) is 0 Å². The van der Waals surface area contributed by atoms with Crippen molar-refractivity contribution >= 4 is 58.9 Å². The first-order valence-electron chi connectivity index (χ1n) is 12.7. The molecule has 0 radical (unpaired) electrons. The molecular formula is C27H31BrFN7OSSi. The van der Waals surface area contributed by atoms with E-state index in [0.717, 1.165) is 45.1 Å². The summed E-state index contributed by atoms with van der Waals surface area (Å²) in [6, 6.07) is 8.59. The molecule has 0 aliphatic carbocycles. The normalized spacial score (nSPS) is 17.0. The molecule has 1 N–H and O–H groups in total. The first kappa shape index (κ1) is 27.9. The van der Waals surface area contributed by atoms with Gasteiger partial charge in [0.15, 0.2) is 11.6 Å². The molecule has 0 amide bonds. The standard InChI is InChI=1S/C27H31BrFN7OSSi/c1-26(2,3)38(37)34-27(4,39-22-7-5-21(29)6-8-22)19-14-30-24(31-15-19)18-9-11-35(12-10-18)25-23-13-20(28)16-36(23)33-17-32-25/h5-9,13-17,34H,10-12,39H2,1-4H3. The Bertz CT molecular complexity index is 1490. The van der Waals surface area contributed by atoms with E-state index in [2.05, 4.69) is 41.7 Å². The molecule has 0 bridgehead atoms. The van der Waals surface area contributed by atoms with E-state index in [0.29, 0.717) is 12.4 Å². The molecule has 2 atom stereocenters. The van der Waals surface area contributed by atoms with Gasteiger partial charge in [0.05, 0.1) is 14.7 Å². The minimum atomic E-state index is -1.30. The quantitative estimate of drug-likeness (QED) is 0.248. The Morgan fingerprint density at radius 3 is 2.46 bits per heavy atom. The van der Waals surface area contributed by atoms with E-state index < -0.39 is 30.8 Å². The number of nitrogens with one attached hydrogen (secondary N) is 1. The molecule has 0 saturated heterocycles. The molecule has 0 saturated carbocycles. The van der Waals surface area contributed by atoms with Gasteiger partial charge in [-0.1, -0.05) is 23.4 Å². The molecule has 1 aliphatic heterocycles. The zero-order chi connectivity index (χ0) is 27.8.